The van der Waals surface area contributed by atoms with Crippen molar-refractivity contribution in [3.8, 4) is 5.75 Å². The molecule has 0 saturated heterocycles. The van der Waals surface area contributed by atoms with Crippen LogP contribution in [0.1, 0.15) is 42.7 Å². The van der Waals surface area contributed by atoms with Gasteiger partial charge in [0, 0.05) is 18.2 Å². The molecule has 1 heterocycles. The number of aryl methyl sites for hydroxylation is 1. The minimum absolute atomic E-state index is 0.0779. The summed E-state index contributed by atoms with van der Waals surface area (Å²) >= 11 is 0. The molecule has 0 aliphatic heterocycles. The fourth-order valence-electron chi connectivity index (χ4n) is 4.07. The van der Waals surface area contributed by atoms with Crippen molar-refractivity contribution in [2.24, 2.45) is 0 Å². The molecule has 30 heavy (non-hydrogen) atoms. The number of benzene rings is 2. The first-order chi connectivity index (χ1) is 14.6. The molecule has 0 bridgehead atoms. The van der Waals surface area contributed by atoms with E-state index in [-0.39, 0.29) is 5.43 Å². The second kappa shape index (κ2) is 8.88. The standard InChI is InChI=1S/C26H29NO3/c1-4-27(5-2)14-15-29-21-11-13-22-24(17-21)30-26-20(10-12-23(26)25(22)28)16-19-9-7-6-8-18(19)3/h6-9,11,13,16-17H,4-5,10,12,14-15H2,1-3H3/b20-16+. The summed E-state index contributed by atoms with van der Waals surface area (Å²) in [5.41, 5.74) is 4.93. The number of hydrogen-bond acceptors (Lipinski definition) is 4. The van der Waals surface area contributed by atoms with Gasteiger partial charge in [-0.05, 0) is 67.8 Å². The normalized spacial score (nSPS) is 14.6. The number of ether oxygens (including phenoxy) is 1. The van der Waals surface area contributed by atoms with Crippen LogP contribution in [0.2, 0.25) is 0 Å². The Hall–Kier alpha value is -2.85. The number of hydrogen-bond donors (Lipinski definition) is 0. The molecule has 4 nitrogen and oxygen atoms in total. The van der Waals surface area contributed by atoms with Gasteiger partial charge in [0.1, 0.15) is 23.7 Å². The van der Waals surface area contributed by atoms with Crippen molar-refractivity contribution in [3.63, 3.8) is 0 Å². The van der Waals surface area contributed by atoms with Crippen molar-refractivity contribution in [1.29, 1.82) is 0 Å². The second-order valence-electron chi connectivity index (χ2n) is 7.80. The molecule has 3 aromatic rings. The van der Waals surface area contributed by atoms with Gasteiger partial charge in [-0.25, -0.2) is 0 Å². The molecular weight excluding hydrogens is 374 g/mol. The van der Waals surface area contributed by atoms with Crippen molar-refractivity contribution in [3.05, 3.63) is 75.1 Å². The molecule has 0 amide bonds. The fourth-order valence-corrected chi connectivity index (χ4v) is 4.07. The zero-order chi connectivity index (χ0) is 21.1. The molecule has 4 heteroatoms. The molecule has 0 atom stereocenters. The molecular formula is C26H29NO3. The third-order valence-corrected chi connectivity index (χ3v) is 5.98. The Bertz CT molecular complexity index is 1140. The first kappa shape index (κ1) is 20.4. The van der Waals surface area contributed by atoms with Gasteiger partial charge in [-0.2, -0.15) is 0 Å². The average molecular weight is 404 g/mol. The molecule has 0 unspecified atom stereocenters. The topological polar surface area (TPSA) is 42.7 Å². The Morgan fingerprint density at radius 3 is 2.67 bits per heavy atom. The largest absolute Gasteiger partial charge is 0.492 e. The van der Waals surface area contributed by atoms with Crippen molar-refractivity contribution in [2.75, 3.05) is 26.2 Å². The van der Waals surface area contributed by atoms with Crippen LogP contribution in [0.5, 0.6) is 5.75 Å². The van der Waals surface area contributed by atoms with Gasteiger partial charge < -0.3 is 14.1 Å². The molecule has 1 aromatic heterocycles. The summed E-state index contributed by atoms with van der Waals surface area (Å²) in [6, 6.07) is 13.8. The number of nitrogens with zero attached hydrogens (tertiary/aromatic N) is 1. The summed E-state index contributed by atoms with van der Waals surface area (Å²) in [7, 11) is 0. The van der Waals surface area contributed by atoms with Gasteiger partial charge in [0.05, 0.1) is 5.39 Å². The van der Waals surface area contributed by atoms with Crippen LogP contribution in [0, 0.1) is 6.92 Å². The van der Waals surface area contributed by atoms with Crippen LogP contribution in [0.3, 0.4) is 0 Å². The van der Waals surface area contributed by atoms with Crippen LogP contribution in [-0.4, -0.2) is 31.1 Å². The Morgan fingerprint density at radius 2 is 1.90 bits per heavy atom. The summed E-state index contributed by atoms with van der Waals surface area (Å²) in [6.45, 7) is 9.90. The Balaban J connectivity index is 1.65. The predicted octanol–water partition coefficient (Wildman–Crippen LogP) is 5.31. The molecule has 0 N–H and O–H groups in total. The highest BCUT2D eigenvalue weighted by Gasteiger charge is 2.24. The molecule has 0 fully saturated rings. The van der Waals surface area contributed by atoms with Crippen LogP contribution in [0.4, 0.5) is 0 Å². The lowest BCUT2D eigenvalue weighted by atomic mass is 10.0. The summed E-state index contributed by atoms with van der Waals surface area (Å²) in [5.74, 6) is 1.47. The lowest BCUT2D eigenvalue weighted by molar-refractivity contribution is 0.223. The van der Waals surface area contributed by atoms with Gasteiger partial charge in [-0.1, -0.05) is 38.1 Å². The monoisotopic (exact) mass is 403 g/mol. The van der Waals surface area contributed by atoms with Gasteiger partial charge in [-0.3, -0.25) is 4.79 Å². The van der Waals surface area contributed by atoms with Crippen molar-refractivity contribution in [2.45, 2.75) is 33.6 Å². The minimum Gasteiger partial charge on any atom is -0.492 e. The minimum atomic E-state index is 0.0779. The maximum absolute atomic E-state index is 13.0. The zero-order valence-corrected chi connectivity index (χ0v) is 18.0. The second-order valence-corrected chi connectivity index (χ2v) is 7.80. The molecule has 0 spiro atoms. The number of rotatable bonds is 7. The van der Waals surface area contributed by atoms with E-state index < -0.39 is 0 Å². The summed E-state index contributed by atoms with van der Waals surface area (Å²) in [6.07, 6.45) is 3.71. The third kappa shape index (κ3) is 4.05. The van der Waals surface area contributed by atoms with E-state index in [9.17, 15) is 4.79 Å². The highest BCUT2D eigenvalue weighted by atomic mass is 16.5. The van der Waals surface area contributed by atoms with Gasteiger partial charge in [0.15, 0.2) is 5.43 Å². The van der Waals surface area contributed by atoms with Crippen LogP contribution in [-0.2, 0) is 6.42 Å². The Kier molecular flexibility index (Phi) is 6.05. The Labute approximate surface area is 177 Å². The molecule has 0 radical (unpaired) electrons. The number of likely N-dealkylation sites (N-methyl/N-ethyl adjacent to an activating group) is 1. The average Bonchev–Trinajstić information content (AvgIpc) is 3.16. The van der Waals surface area contributed by atoms with E-state index in [1.807, 2.05) is 30.3 Å². The number of allylic oxidation sites excluding steroid dienone is 1. The highest BCUT2D eigenvalue weighted by Crippen LogP contribution is 2.35. The van der Waals surface area contributed by atoms with Crippen molar-refractivity contribution >= 4 is 22.6 Å². The van der Waals surface area contributed by atoms with Crippen LogP contribution in [0.25, 0.3) is 22.6 Å². The summed E-state index contributed by atoms with van der Waals surface area (Å²) in [5, 5.41) is 0.627. The van der Waals surface area contributed by atoms with Gasteiger partial charge in [-0.15, -0.1) is 0 Å². The van der Waals surface area contributed by atoms with Crippen LogP contribution >= 0.6 is 0 Å². The third-order valence-electron chi connectivity index (χ3n) is 5.98. The summed E-state index contributed by atoms with van der Waals surface area (Å²) in [4.78, 5) is 15.4. The van der Waals surface area contributed by atoms with Gasteiger partial charge in [0.2, 0.25) is 0 Å². The molecule has 4 rings (SSSR count). The predicted molar refractivity (Wildman–Crippen MR) is 123 cm³/mol. The van der Waals surface area contributed by atoms with Crippen molar-refractivity contribution in [1.82, 2.24) is 4.90 Å². The maximum Gasteiger partial charge on any atom is 0.196 e. The molecule has 1 aliphatic rings. The van der Waals surface area contributed by atoms with E-state index in [4.69, 9.17) is 9.15 Å². The molecule has 1 aliphatic carbocycles. The lowest BCUT2D eigenvalue weighted by Gasteiger charge is -2.18. The van der Waals surface area contributed by atoms with E-state index in [2.05, 4.69) is 43.9 Å². The maximum atomic E-state index is 13.0. The SMILES string of the molecule is CCN(CC)CCOc1ccc2c(=O)c3c(oc2c1)/C(=C/c1ccccc1C)CC3. The molecule has 156 valence electrons. The van der Waals surface area contributed by atoms with Crippen LogP contribution in [0.15, 0.2) is 51.7 Å². The smallest absolute Gasteiger partial charge is 0.196 e. The van der Waals surface area contributed by atoms with E-state index in [1.54, 1.807) is 0 Å². The highest BCUT2D eigenvalue weighted by molar-refractivity contribution is 5.87. The Morgan fingerprint density at radius 1 is 1.10 bits per heavy atom. The molecule has 0 saturated carbocycles. The van der Waals surface area contributed by atoms with E-state index >= 15 is 0 Å². The van der Waals surface area contributed by atoms with Crippen LogP contribution < -0.4 is 10.2 Å². The van der Waals surface area contributed by atoms with Gasteiger partial charge >= 0.3 is 0 Å². The lowest BCUT2D eigenvalue weighted by Crippen LogP contribution is -2.27. The van der Waals surface area contributed by atoms with Gasteiger partial charge in [0.25, 0.3) is 0 Å². The van der Waals surface area contributed by atoms with E-state index in [0.29, 0.717) is 17.6 Å². The number of fused-ring (bicyclic) bond motifs is 2. The quantitative estimate of drug-likeness (QED) is 0.536. The zero-order valence-electron chi connectivity index (χ0n) is 18.0. The first-order valence-corrected chi connectivity index (χ1v) is 10.8. The van der Waals surface area contributed by atoms with Crippen molar-refractivity contribution < 1.29 is 9.15 Å². The molecule has 2 aromatic carbocycles. The summed E-state index contributed by atoms with van der Waals surface area (Å²) < 4.78 is 12.2. The fraction of sp³-hybridized carbons (Fsp3) is 0.346. The van der Waals surface area contributed by atoms with E-state index in [0.717, 1.165) is 60.7 Å². The van der Waals surface area contributed by atoms with E-state index in [1.165, 1.54) is 5.56 Å². The first-order valence-electron chi connectivity index (χ1n) is 10.8.